The van der Waals surface area contributed by atoms with Gasteiger partial charge in [-0.1, -0.05) is 6.42 Å². The van der Waals surface area contributed by atoms with Gasteiger partial charge in [0.2, 0.25) is 5.91 Å². The van der Waals surface area contributed by atoms with Crippen molar-refractivity contribution in [1.29, 1.82) is 0 Å². The van der Waals surface area contributed by atoms with Crippen LogP contribution >= 0.6 is 11.8 Å². The molecule has 25 heavy (non-hydrogen) atoms. The normalized spacial score (nSPS) is 27.4. The fraction of sp³-hybridized carbons (Fsp3) is 0.625. The summed E-state index contributed by atoms with van der Waals surface area (Å²) in [7, 11) is 0. The number of amides is 5. The average molecular weight is 366 g/mol. The lowest BCUT2D eigenvalue weighted by Gasteiger charge is -2.16. The van der Waals surface area contributed by atoms with Crippen LogP contribution in [0.1, 0.15) is 25.7 Å². The van der Waals surface area contributed by atoms with Crippen molar-refractivity contribution in [3.05, 3.63) is 12.2 Å². The largest absolute Gasteiger partial charge is 0.354 e. The highest BCUT2D eigenvalue weighted by Crippen LogP contribution is 2.33. The molecular weight excluding hydrogens is 344 g/mol. The molecule has 3 unspecified atom stereocenters. The van der Waals surface area contributed by atoms with Crippen LogP contribution in [0.15, 0.2) is 12.2 Å². The van der Waals surface area contributed by atoms with E-state index in [1.54, 1.807) is 0 Å². The van der Waals surface area contributed by atoms with Crippen LogP contribution in [0.3, 0.4) is 0 Å². The number of nitrogens with one attached hydrogen (secondary N) is 3. The van der Waals surface area contributed by atoms with E-state index < -0.39 is 0 Å². The van der Waals surface area contributed by atoms with E-state index in [1.165, 1.54) is 12.2 Å². The molecule has 0 aromatic carbocycles. The molecule has 0 radical (unpaired) electrons. The van der Waals surface area contributed by atoms with Crippen LogP contribution in [0, 0.1) is 0 Å². The van der Waals surface area contributed by atoms with Gasteiger partial charge in [0.05, 0.1) is 12.1 Å². The van der Waals surface area contributed by atoms with E-state index in [1.807, 2.05) is 11.8 Å². The Bertz CT molecular complexity index is 591. The van der Waals surface area contributed by atoms with Crippen molar-refractivity contribution >= 4 is 35.5 Å². The van der Waals surface area contributed by atoms with Gasteiger partial charge in [-0.25, -0.2) is 4.79 Å². The number of fused-ring (bicyclic) bond motifs is 1. The van der Waals surface area contributed by atoms with E-state index in [-0.39, 0.29) is 48.9 Å². The molecule has 3 heterocycles. The summed E-state index contributed by atoms with van der Waals surface area (Å²) >= 11 is 1.87. The van der Waals surface area contributed by atoms with Gasteiger partial charge in [-0.05, 0) is 12.8 Å². The van der Waals surface area contributed by atoms with Gasteiger partial charge in [0.25, 0.3) is 11.8 Å². The van der Waals surface area contributed by atoms with E-state index in [9.17, 15) is 19.2 Å². The summed E-state index contributed by atoms with van der Waals surface area (Å²) < 4.78 is 0. The molecule has 0 bridgehead atoms. The van der Waals surface area contributed by atoms with E-state index in [0.29, 0.717) is 11.7 Å². The summed E-state index contributed by atoms with van der Waals surface area (Å²) in [5.74, 6) is 0.206. The van der Waals surface area contributed by atoms with Crippen molar-refractivity contribution in [1.82, 2.24) is 20.9 Å². The fourth-order valence-corrected chi connectivity index (χ4v) is 4.86. The predicted molar refractivity (Wildman–Crippen MR) is 92.8 cm³/mol. The minimum absolute atomic E-state index is 0.0696. The number of hydrogen-bond donors (Lipinski definition) is 3. The Morgan fingerprint density at radius 2 is 1.96 bits per heavy atom. The Kier molecular flexibility index (Phi) is 5.62. The molecule has 9 heteroatoms. The van der Waals surface area contributed by atoms with Crippen LogP contribution in [0.2, 0.25) is 0 Å². The van der Waals surface area contributed by atoms with E-state index in [0.717, 1.165) is 29.9 Å². The van der Waals surface area contributed by atoms with Crippen LogP contribution in [-0.4, -0.2) is 64.8 Å². The standard InChI is InChI=1S/C16H22N4O4S/c21-12(17-7-8-20-13(22)5-6-14(20)23)4-2-1-3-11-15-10(9-25-11)18-16(24)19-15/h5-6,10-11,15H,1-4,7-9H2,(H,17,21)(H2,18,19,24). The highest BCUT2D eigenvalue weighted by atomic mass is 32.2. The second-order valence-electron chi connectivity index (χ2n) is 6.38. The van der Waals surface area contributed by atoms with E-state index >= 15 is 0 Å². The van der Waals surface area contributed by atoms with Crippen LogP contribution in [0.25, 0.3) is 0 Å². The summed E-state index contributed by atoms with van der Waals surface area (Å²) in [6, 6.07) is 0.358. The van der Waals surface area contributed by atoms with Crippen molar-refractivity contribution in [2.75, 3.05) is 18.8 Å². The lowest BCUT2D eigenvalue weighted by Crippen LogP contribution is -2.38. The third-order valence-corrected chi connectivity index (χ3v) is 6.15. The lowest BCUT2D eigenvalue weighted by molar-refractivity contribution is -0.137. The van der Waals surface area contributed by atoms with Gasteiger partial charge >= 0.3 is 6.03 Å². The number of imide groups is 1. The molecule has 2 saturated heterocycles. The molecule has 3 N–H and O–H groups in total. The van der Waals surface area contributed by atoms with E-state index in [2.05, 4.69) is 16.0 Å². The summed E-state index contributed by atoms with van der Waals surface area (Å²) in [6.07, 6.45) is 5.58. The first-order valence-corrected chi connectivity index (χ1v) is 9.58. The van der Waals surface area contributed by atoms with Gasteiger partial charge in [-0.15, -0.1) is 0 Å². The summed E-state index contributed by atoms with van der Waals surface area (Å²) in [6.45, 7) is 0.475. The number of carbonyl (C=O) groups is 4. The molecule has 3 atom stereocenters. The maximum Gasteiger partial charge on any atom is 0.315 e. The molecular formula is C16H22N4O4S. The Morgan fingerprint density at radius 1 is 1.20 bits per heavy atom. The zero-order chi connectivity index (χ0) is 17.8. The Hall–Kier alpha value is -2.03. The number of nitrogens with zero attached hydrogens (tertiary/aromatic N) is 1. The van der Waals surface area contributed by atoms with Gasteiger partial charge < -0.3 is 16.0 Å². The zero-order valence-electron chi connectivity index (χ0n) is 13.8. The monoisotopic (exact) mass is 366 g/mol. The number of hydrogen-bond acceptors (Lipinski definition) is 5. The molecule has 3 rings (SSSR count). The highest BCUT2D eigenvalue weighted by Gasteiger charge is 2.42. The maximum absolute atomic E-state index is 11.8. The van der Waals surface area contributed by atoms with Crippen molar-refractivity contribution in [3.8, 4) is 0 Å². The quantitative estimate of drug-likeness (QED) is 0.312. The molecule has 0 saturated carbocycles. The second-order valence-corrected chi connectivity index (χ2v) is 7.65. The highest BCUT2D eigenvalue weighted by molar-refractivity contribution is 8.00. The van der Waals surface area contributed by atoms with E-state index in [4.69, 9.17) is 0 Å². The molecule has 0 aromatic heterocycles. The molecule has 136 valence electrons. The fourth-order valence-electron chi connectivity index (χ4n) is 3.32. The molecule has 0 aromatic rings. The Morgan fingerprint density at radius 3 is 2.72 bits per heavy atom. The SMILES string of the molecule is O=C(CCCCC1SCC2NC(=O)NC21)NCCN1C(=O)C=CC1=O. The summed E-state index contributed by atoms with van der Waals surface area (Å²) in [4.78, 5) is 47.0. The second kappa shape index (κ2) is 7.90. The minimum Gasteiger partial charge on any atom is -0.354 e. The van der Waals surface area contributed by atoms with Gasteiger partial charge in [0.1, 0.15) is 0 Å². The molecule has 0 aliphatic carbocycles. The van der Waals surface area contributed by atoms with Gasteiger partial charge in [0.15, 0.2) is 0 Å². The molecule has 3 aliphatic rings. The number of rotatable bonds is 8. The van der Waals surface area contributed by atoms with Crippen LogP contribution in [0.4, 0.5) is 4.79 Å². The van der Waals surface area contributed by atoms with Crippen molar-refractivity contribution in [2.24, 2.45) is 0 Å². The molecule has 0 spiro atoms. The number of urea groups is 1. The third kappa shape index (κ3) is 4.33. The Labute approximate surface area is 150 Å². The number of thioether (sulfide) groups is 1. The van der Waals surface area contributed by atoms with Crippen LogP contribution < -0.4 is 16.0 Å². The van der Waals surface area contributed by atoms with Crippen LogP contribution in [0.5, 0.6) is 0 Å². The minimum atomic E-state index is -0.333. The first-order valence-electron chi connectivity index (χ1n) is 8.53. The van der Waals surface area contributed by atoms with Gasteiger partial charge in [-0.2, -0.15) is 11.8 Å². The summed E-state index contributed by atoms with van der Waals surface area (Å²) in [5, 5.41) is 9.02. The lowest BCUT2D eigenvalue weighted by atomic mass is 10.0. The van der Waals surface area contributed by atoms with Gasteiger partial charge in [-0.3, -0.25) is 19.3 Å². The average Bonchev–Trinajstić information content (AvgIpc) is 3.21. The van der Waals surface area contributed by atoms with Crippen molar-refractivity contribution in [2.45, 2.75) is 43.0 Å². The van der Waals surface area contributed by atoms with Gasteiger partial charge in [0, 0.05) is 42.7 Å². The number of carbonyl (C=O) groups excluding carboxylic acids is 4. The zero-order valence-corrected chi connectivity index (χ0v) is 14.6. The molecule has 2 fully saturated rings. The predicted octanol–water partition coefficient (Wildman–Crippen LogP) is -0.247. The van der Waals surface area contributed by atoms with Crippen LogP contribution in [-0.2, 0) is 14.4 Å². The first-order chi connectivity index (χ1) is 12.0. The van der Waals surface area contributed by atoms with Crippen molar-refractivity contribution < 1.29 is 19.2 Å². The number of unbranched alkanes of at least 4 members (excludes halogenated alkanes) is 1. The third-order valence-electron chi connectivity index (χ3n) is 4.64. The molecule has 3 aliphatic heterocycles. The molecule has 5 amide bonds. The maximum atomic E-state index is 11.8. The molecule has 8 nitrogen and oxygen atoms in total. The smallest absolute Gasteiger partial charge is 0.315 e. The van der Waals surface area contributed by atoms with Crippen molar-refractivity contribution in [3.63, 3.8) is 0 Å². The first kappa shape index (κ1) is 17.8. The Balaban J connectivity index is 1.25. The summed E-state index contributed by atoms with van der Waals surface area (Å²) in [5.41, 5.74) is 0. The topological polar surface area (TPSA) is 108 Å².